The first-order valence-electron chi connectivity index (χ1n) is 5.74. The Labute approximate surface area is 122 Å². The SMILES string of the molecule is CCNc1nc(OC)nc(-c2c(F)ccc(Br)c2F)n1. The second kappa shape index (κ2) is 6.08. The van der Waals surface area contributed by atoms with Crippen molar-refractivity contribution < 1.29 is 13.5 Å². The van der Waals surface area contributed by atoms with Crippen molar-refractivity contribution in [2.24, 2.45) is 0 Å². The highest BCUT2D eigenvalue weighted by atomic mass is 79.9. The first kappa shape index (κ1) is 14.6. The molecule has 0 amide bonds. The fraction of sp³-hybridized carbons (Fsp3) is 0.250. The molecule has 2 aromatic rings. The van der Waals surface area contributed by atoms with Crippen LogP contribution in [0, 0.1) is 11.6 Å². The molecule has 1 aromatic carbocycles. The van der Waals surface area contributed by atoms with Gasteiger partial charge in [-0.15, -0.1) is 0 Å². The van der Waals surface area contributed by atoms with Gasteiger partial charge in [-0.3, -0.25) is 0 Å². The van der Waals surface area contributed by atoms with Crippen molar-refractivity contribution in [3.05, 3.63) is 28.2 Å². The third-order valence-corrected chi connectivity index (χ3v) is 3.01. The molecule has 0 radical (unpaired) electrons. The lowest BCUT2D eigenvalue weighted by Crippen LogP contribution is -2.07. The summed E-state index contributed by atoms with van der Waals surface area (Å²) in [6, 6.07) is 2.38. The third kappa shape index (κ3) is 2.84. The van der Waals surface area contributed by atoms with Crippen molar-refractivity contribution in [1.29, 1.82) is 0 Å². The Kier molecular flexibility index (Phi) is 4.43. The Bertz CT molecular complexity index is 639. The summed E-state index contributed by atoms with van der Waals surface area (Å²) >= 11 is 3.00. The summed E-state index contributed by atoms with van der Waals surface area (Å²) in [6.45, 7) is 2.40. The molecule has 2 rings (SSSR count). The van der Waals surface area contributed by atoms with Crippen molar-refractivity contribution in [3.8, 4) is 17.4 Å². The van der Waals surface area contributed by atoms with Crippen LogP contribution in [0.4, 0.5) is 14.7 Å². The molecule has 106 valence electrons. The van der Waals surface area contributed by atoms with Gasteiger partial charge in [0.1, 0.15) is 5.82 Å². The highest BCUT2D eigenvalue weighted by Gasteiger charge is 2.19. The van der Waals surface area contributed by atoms with Gasteiger partial charge in [0.2, 0.25) is 5.95 Å². The number of benzene rings is 1. The summed E-state index contributed by atoms with van der Waals surface area (Å²) in [7, 11) is 1.36. The maximum atomic E-state index is 14.1. The summed E-state index contributed by atoms with van der Waals surface area (Å²) in [4.78, 5) is 11.8. The van der Waals surface area contributed by atoms with Crippen LogP contribution in [0.3, 0.4) is 0 Å². The lowest BCUT2D eigenvalue weighted by molar-refractivity contribution is 0.379. The molecular formula is C12H11BrF2N4O. The standard InChI is InChI=1S/C12H11BrF2N4O/c1-3-16-11-17-10(18-12(19-11)20-2)8-7(14)5-4-6(13)9(8)15/h4-5H,3H2,1-2H3,(H,16,17,18,19). The normalized spacial score (nSPS) is 10.4. The lowest BCUT2D eigenvalue weighted by atomic mass is 10.2. The molecule has 0 saturated carbocycles. The van der Waals surface area contributed by atoms with E-state index in [-0.39, 0.29) is 27.8 Å². The lowest BCUT2D eigenvalue weighted by Gasteiger charge is -2.09. The Balaban J connectivity index is 2.63. The minimum absolute atomic E-state index is 0.0234. The number of ether oxygens (including phenoxy) is 1. The minimum atomic E-state index is -0.777. The number of hydrogen-bond donors (Lipinski definition) is 1. The predicted molar refractivity (Wildman–Crippen MR) is 73.6 cm³/mol. The second-order valence-electron chi connectivity index (χ2n) is 3.72. The summed E-state index contributed by atoms with van der Waals surface area (Å²) < 4.78 is 32.9. The molecule has 0 saturated heterocycles. The van der Waals surface area contributed by atoms with Crippen LogP contribution >= 0.6 is 15.9 Å². The molecule has 8 heteroatoms. The van der Waals surface area contributed by atoms with Gasteiger partial charge in [0.25, 0.3) is 0 Å². The fourth-order valence-electron chi connectivity index (χ4n) is 1.53. The van der Waals surface area contributed by atoms with Crippen molar-refractivity contribution in [1.82, 2.24) is 15.0 Å². The van der Waals surface area contributed by atoms with Gasteiger partial charge in [-0.25, -0.2) is 8.78 Å². The van der Waals surface area contributed by atoms with Gasteiger partial charge in [-0.05, 0) is 35.0 Å². The quantitative estimate of drug-likeness (QED) is 0.864. The van der Waals surface area contributed by atoms with Gasteiger partial charge >= 0.3 is 6.01 Å². The number of nitrogens with zero attached hydrogens (tertiary/aromatic N) is 3. The van der Waals surface area contributed by atoms with Gasteiger partial charge in [0, 0.05) is 6.54 Å². The van der Waals surface area contributed by atoms with Gasteiger partial charge in [-0.2, -0.15) is 15.0 Å². The zero-order chi connectivity index (χ0) is 14.7. The fourth-order valence-corrected chi connectivity index (χ4v) is 1.86. The number of aromatic nitrogens is 3. The molecule has 1 aromatic heterocycles. The minimum Gasteiger partial charge on any atom is -0.467 e. The molecule has 1 N–H and O–H groups in total. The zero-order valence-electron chi connectivity index (χ0n) is 10.7. The van der Waals surface area contributed by atoms with Crippen molar-refractivity contribution >= 4 is 21.9 Å². The van der Waals surface area contributed by atoms with E-state index in [1.165, 1.54) is 13.2 Å². The van der Waals surface area contributed by atoms with E-state index in [0.29, 0.717) is 6.54 Å². The van der Waals surface area contributed by atoms with E-state index in [1.807, 2.05) is 6.92 Å². The molecule has 0 spiro atoms. The number of rotatable bonds is 4. The van der Waals surface area contributed by atoms with Crippen LogP contribution in [0.15, 0.2) is 16.6 Å². The summed E-state index contributed by atoms with van der Waals surface area (Å²) in [5, 5.41) is 2.85. The molecule has 0 fully saturated rings. The highest BCUT2D eigenvalue weighted by molar-refractivity contribution is 9.10. The Morgan fingerprint density at radius 2 is 2.00 bits per heavy atom. The van der Waals surface area contributed by atoms with Crippen LogP contribution in [-0.4, -0.2) is 28.6 Å². The third-order valence-electron chi connectivity index (χ3n) is 2.40. The van der Waals surface area contributed by atoms with Crippen molar-refractivity contribution in [2.45, 2.75) is 6.92 Å². The van der Waals surface area contributed by atoms with Crippen LogP contribution in [-0.2, 0) is 0 Å². The van der Waals surface area contributed by atoms with E-state index in [4.69, 9.17) is 4.74 Å². The van der Waals surface area contributed by atoms with Gasteiger partial charge in [0.15, 0.2) is 11.6 Å². The average Bonchev–Trinajstić information content (AvgIpc) is 2.43. The van der Waals surface area contributed by atoms with Crippen molar-refractivity contribution in [2.75, 3.05) is 19.0 Å². The first-order valence-corrected chi connectivity index (χ1v) is 6.54. The van der Waals surface area contributed by atoms with Crippen LogP contribution in [0.2, 0.25) is 0 Å². The predicted octanol–water partition coefficient (Wildman–Crippen LogP) is 3.02. The molecule has 0 bridgehead atoms. The van der Waals surface area contributed by atoms with Crippen LogP contribution in [0.5, 0.6) is 6.01 Å². The monoisotopic (exact) mass is 344 g/mol. The van der Waals surface area contributed by atoms with Gasteiger partial charge < -0.3 is 10.1 Å². The molecule has 0 aliphatic rings. The van der Waals surface area contributed by atoms with E-state index < -0.39 is 11.6 Å². The van der Waals surface area contributed by atoms with E-state index in [2.05, 4.69) is 36.2 Å². The Morgan fingerprint density at radius 1 is 1.25 bits per heavy atom. The molecule has 20 heavy (non-hydrogen) atoms. The number of hydrogen-bond acceptors (Lipinski definition) is 5. The number of halogens is 3. The van der Waals surface area contributed by atoms with E-state index in [0.717, 1.165) is 6.07 Å². The molecular weight excluding hydrogens is 334 g/mol. The zero-order valence-corrected chi connectivity index (χ0v) is 12.3. The Hall–Kier alpha value is -1.83. The average molecular weight is 345 g/mol. The highest BCUT2D eigenvalue weighted by Crippen LogP contribution is 2.29. The topological polar surface area (TPSA) is 59.9 Å². The largest absolute Gasteiger partial charge is 0.467 e. The van der Waals surface area contributed by atoms with E-state index in [1.54, 1.807) is 0 Å². The maximum absolute atomic E-state index is 14.1. The Morgan fingerprint density at radius 3 is 2.65 bits per heavy atom. The van der Waals surface area contributed by atoms with Gasteiger partial charge in [0.05, 0.1) is 17.1 Å². The summed E-state index contributed by atoms with van der Waals surface area (Å²) in [5.41, 5.74) is -0.334. The summed E-state index contributed by atoms with van der Waals surface area (Å²) in [5.74, 6) is -1.49. The van der Waals surface area contributed by atoms with Crippen molar-refractivity contribution in [3.63, 3.8) is 0 Å². The number of anilines is 1. The molecule has 0 unspecified atom stereocenters. The molecule has 1 heterocycles. The maximum Gasteiger partial charge on any atom is 0.321 e. The van der Waals surface area contributed by atoms with Crippen LogP contribution in [0.25, 0.3) is 11.4 Å². The second-order valence-corrected chi connectivity index (χ2v) is 4.57. The van der Waals surface area contributed by atoms with E-state index >= 15 is 0 Å². The van der Waals surface area contributed by atoms with E-state index in [9.17, 15) is 8.78 Å². The molecule has 0 aliphatic carbocycles. The smallest absolute Gasteiger partial charge is 0.321 e. The van der Waals surface area contributed by atoms with Crippen LogP contribution in [0.1, 0.15) is 6.92 Å². The molecule has 0 aliphatic heterocycles. The molecule has 0 atom stereocenters. The molecule has 5 nitrogen and oxygen atoms in total. The summed E-state index contributed by atoms with van der Waals surface area (Å²) in [6.07, 6.45) is 0. The van der Waals surface area contributed by atoms with Gasteiger partial charge in [-0.1, -0.05) is 0 Å². The number of methoxy groups -OCH3 is 1. The number of nitrogens with one attached hydrogen (secondary N) is 1. The first-order chi connectivity index (χ1) is 9.56. The van der Waals surface area contributed by atoms with Crippen LogP contribution < -0.4 is 10.1 Å².